The van der Waals surface area contributed by atoms with Gasteiger partial charge in [-0.25, -0.2) is 9.78 Å². The molecule has 0 saturated heterocycles. The molecule has 1 rings (SSSR count). The van der Waals surface area contributed by atoms with Crippen LogP contribution >= 0.6 is 0 Å². The van der Waals surface area contributed by atoms with E-state index in [4.69, 9.17) is 9.47 Å². The summed E-state index contributed by atoms with van der Waals surface area (Å²) in [6.07, 6.45) is 1.84. The van der Waals surface area contributed by atoms with Crippen LogP contribution in [0.5, 0.6) is 11.5 Å². The van der Waals surface area contributed by atoms with Gasteiger partial charge in [0.2, 0.25) is 0 Å². The normalized spacial score (nSPS) is 13.3. The minimum atomic E-state index is -0.857. The van der Waals surface area contributed by atoms with E-state index in [0.717, 1.165) is 6.42 Å². The molecule has 1 aromatic heterocycles. The van der Waals surface area contributed by atoms with E-state index < -0.39 is 17.9 Å². The number of hydrogen-bond donors (Lipinski definition) is 2. The molecule has 2 N–H and O–H groups in total. The number of nitrogens with zero attached hydrogens (tertiary/aromatic N) is 1. The molecule has 1 unspecified atom stereocenters. The van der Waals surface area contributed by atoms with Gasteiger partial charge in [0.25, 0.3) is 5.91 Å². The summed E-state index contributed by atoms with van der Waals surface area (Å²) in [7, 11) is 1.37. The van der Waals surface area contributed by atoms with E-state index in [-0.39, 0.29) is 23.3 Å². The maximum atomic E-state index is 12.1. The molecule has 1 aromatic rings. The van der Waals surface area contributed by atoms with Gasteiger partial charge in [-0.15, -0.1) is 0 Å². The first kappa shape index (κ1) is 18.7. The summed E-state index contributed by atoms with van der Waals surface area (Å²) >= 11 is 0. The first-order chi connectivity index (χ1) is 10.8. The summed E-state index contributed by atoms with van der Waals surface area (Å²) in [5.41, 5.74) is -0.209. The zero-order chi connectivity index (χ0) is 17.6. The number of aromatic hydroxyl groups is 1. The molecule has 1 heterocycles. The van der Waals surface area contributed by atoms with E-state index in [1.807, 2.05) is 20.8 Å². The first-order valence-corrected chi connectivity index (χ1v) is 7.49. The quantitative estimate of drug-likeness (QED) is 0.743. The molecule has 0 aliphatic carbocycles. The predicted molar refractivity (Wildman–Crippen MR) is 84.4 cm³/mol. The van der Waals surface area contributed by atoms with Crippen molar-refractivity contribution >= 4 is 11.9 Å². The Labute approximate surface area is 136 Å². The lowest BCUT2D eigenvalue weighted by Gasteiger charge is -2.19. The Kier molecular flexibility index (Phi) is 6.81. The third kappa shape index (κ3) is 5.43. The number of carbonyl (C=O) groups is 2. The molecule has 128 valence electrons. The molecule has 0 aromatic carbocycles. The number of ether oxygens (including phenoxy) is 2. The fraction of sp³-hybridized carbons (Fsp3) is 0.562. The number of rotatable bonds is 7. The highest BCUT2D eigenvalue weighted by molar-refractivity contribution is 5.97. The Morgan fingerprint density at radius 1 is 1.30 bits per heavy atom. The van der Waals surface area contributed by atoms with Crippen LogP contribution in [0.25, 0.3) is 0 Å². The standard InChI is InChI=1S/C16H24N2O5/c1-9(2)8-10(3)23-16(21)11(4)18-15(20)13-14(19)12(22-5)6-7-17-13/h6-7,9-11,19H,8H2,1-5H3,(H,18,20)/t10?,11-/m0/s1. The average molecular weight is 324 g/mol. The summed E-state index contributed by atoms with van der Waals surface area (Å²) in [6, 6.07) is 0.571. The van der Waals surface area contributed by atoms with Crippen LogP contribution in [0.2, 0.25) is 0 Å². The number of pyridine rings is 1. The monoisotopic (exact) mass is 324 g/mol. The Morgan fingerprint density at radius 2 is 1.96 bits per heavy atom. The maximum Gasteiger partial charge on any atom is 0.328 e. The second-order valence-electron chi connectivity index (χ2n) is 5.78. The predicted octanol–water partition coefficient (Wildman–Crippen LogP) is 1.89. The number of amides is 1. The molecule has 0 spiro atoms. The van der Waals surface area contributed by atoms with Crippen molar-refractivity contribution in [3.63, 3.8) is 0 Å². The molecular formula is C16H24N2O5. The smallest absolute Gasteiger partial charge is 0.328 e. The fourth-order valence-electron chi connectivity index (χ4n) is 2.10. The van der Waals surface area contributed by atoms with Crippen molar-refractivity contribution < 1.29 is 24.2 Å². The molecular weight excluding hydrogens is 300 g/mol. The molecule has 0 bridgehead atoms. The fourth-order valence-corrected chi connectivity index (χ4v) is 2.10. The first-order valence-electron chi connectivity index (χ1n) is 7.49. The van der Waals surface area contributed by atoms with Crippen LogP contribution < -0.4 is 10.1 Å². The Balaban J connectivity index is 2.68. The highest BCUT2D eigenvalue weighted by Crippen LogP contribution is 2.27. The van der Waals surface area contributed by atoms with Crippen molar-refractivity contribution in [3.8, 4) is 11.5 Å². The van der Waals surface area contributed by atoms with Crippen molar-refractivity contribution in [2.24, 2.45) is 5.92 Å². The van der Waals surface area contributed by atoms with E-state index in [9.17, 15) is 14.7 Å². The average Bonchev–Trinajstić information content (AvgIpc) is 2.46. The van der Waals surface area contributed by atoms with Crippen LogP contribution in [-0.2, 0) is 9.53 Å². The van der Waals surface area contributed by atoms with Crippen molar-refractivity contribution in [1.29, 1.82) is 0 Å². The Bertz CT molecular complexity index is 559. The summed E-state index contributed by atoms with van der Waals surface area (Å²) in [4.78, 5) is 27.9. The molecule has 0 radical (unpaired) electrons. The van der Waals surface area contributed by atoms with Gasteiger partial charge in [0.05, 0.1) is 13.2 Å². The Morgan fingerprint density at radius 3 is 2.52 bits per heavy atom. The van der Waals surface area contributed by atoms with E-state index in [1.165, 1.54) is 26.3 Å². The molecule has 0 fully saturated rings. The topological polar surface area (TPSA) is 97.8 Å². The second-order valence-corrected chi connectivity index (χ2v) is 5.78. The summed E-state index contributed by atoms with van der Waals surface area (Å²) in [5.74, 6) is -1.05. The van der Waals surface area contributed by atoms with Crippen LogP contribution in [0.15, 0.2) is 12.3 Å². The van der Waals surface area contributed by atoms with Gasteiger partial charge in [-0.2, -0.15) is 0 Å². The largest absolute Gasteiger partial charge is 0.503 e. The van der Waals surface area contributed by atoms with Gasteiger partial charge < -0.3 is 19.9 Å². The highest BCUT2D eigenvalue weighted by Gasteiger charge is 2.23. The highest BCUT2D eigenvalue weighted by atomic mass is 16.5. The molecule has 23 heavy (non-hydrogen) atoms. The second kappa shape index (κ2) is 8.36. The van der Waals surface area contributed by atoms with Gasteiger partial charge in [-0.3, -0.25) is 4.79 Å². The van der Waals surface area contributed by atoms with E-state index in [0.29, 0.717) is 5.92 Å². The van der Waals surface area contributed by atoms with E-state index in [1.54, 1.807) is 0 Å². The molecule has 7 heteroatoms. The van der Waals surface area contributed by atoms with Crippen molar-refractivity contribution in [2.45, 2.75) is 46.3 Å². The third-order valence-electron chi connectivity index (χ3n) is 3.14. The maximum absolute atomic E-state index is 12.1. The summed E-state index contributed by atoms with van der Waals surface area (Å²) in [5, 5.41) is 12.3. The molecule has 2 atom stereocenters. The third-order valence-corrected chi connectivity index (χ3v) is 3.14. The van der Waals surface area contributed by atoms with Crippen LogP contribution in [-0.4, -0.2) is 41.2 Å². The van der Waals surface area contributed by atoms with E-state index >= 15 is 0 Å². The van der Waals surface area contributed by atoms with Gasteiger partial charge in [0.1, 0.15) is 6.04 Å². The van der Waals surface area contributed by atoms with Crippen molar-refractivity contribution in [3.05, 3.63) is 18.0 Å². The molecule has 1 amide bonds. The van der Waals surface area contributed by atoms with E-state index in [2.05, 4.69) is 10.3 Å². The number of aromatic nitrogens is 1. The van der Waals surface area contributed by atoms with Gasteiger partial charge in [-0.05, 0) is 26.2 Å². The SMILES string of the molecule is COc1ccnc(C(=O)N[C@@H](C)C(=O)OC(C)CC(C)C)c1O. The number of methoxy groups -OCH3 is 1. The number of carbonyl (C=O) groups excluding carboxylic acids is 2. The molecule has 0 aliphatic rings. The van der Waals surface area contributed by atoms with Crippen LogP contribution in [0, 0.1) is 5.92 Å². The zero-order valence-corrected chi connectivity index (χ0v) is 14.1. The Hall–Kier alpha value is -2.31. The lowest BCUT2D eigenvalue weighted by Crippen LogP contribution is -2.41. The minimum Gasteiger partial charge on any atom is -0.503 e. The van der Waals surface area contributed by atoms with Crippen LogP contribution in [0.3, 0.4) is 0 Å². The van der Waals surface area contributed by atoms with Crippen molar-refractivity contribution in [1.82, 2.24) is 10.3 Å². The van der Waals surface area contributed by atoms with Crippen molar-refractivity contribution in [2.75, 3.05) is 7.11 Å². The minimum absolute atomic E-state index is 0.130. The van der Waals surface area contributed by atoms with Gasteiger partial charge >= 0.3 is 5.97 Å². The molecule has 0 saturated carbocycles. The van der Waals surface area contributed by atoms with Gasteiger partial charge in [-0.1, -0.05) is 13.8 Å². The number of esters is 1. The zero-order valence-electron chi connectivity index (χ0n) is 14.1. The van der Waals surface area contributed by atoms with Gasteiger partial charge in [0.15, 0.2) is 17.2 Å². The summed E-state index contributed by atoms with van der Waals surface area (Å²) in [6.45, 7) is 7.39. The molecule has 7 nitrogen and oxygen atoms in total. The lowest BCUT2D eigenvalue weighted by molar-refractivity contribution is -0.150. The van der Waals surface area contributed by atoms with Crippen LogP contribution in [0.4, 0.5) is 0 Å². The van der Waals surface area contributed by atoms with Gasteiger partial charge in [0, 0.05) is 12.3 Å². The molecule has 0 aliphatic heterocycles. The van der Waals surface area contributed by atoms with Crippen LogP contribution in [0.1, 0.15) is 44.6 Å². The lowest BCUT2D eigenvalue weighted by atomic mass is 10.1. The number of nitrogens with one attached hydrogen (secondary N) is 1. The number of hydrogen-bond acceptors (Lipinski definition) is 6. The summed E-state index contributed by atoms with van der Waals surface area (Å²) < 4.78 is 10.2.